The average molecular weight is 663 g/mol. The van der Waals surface area contributed by atoms with E-state index in [-0.39, 0.29) is 47.9 Å². The van der Waals surface area contributed by atoms with Crippen LogP contribution in [0.5, 0.6) is 17.4 Å². The van der Waals surface area contributed by atoms with E-state index < -0.39 is 47.6 Å². The summed E-state index contributed by atoms with van der Waals surface area (Å²) in [5, 5.41) is 12.3. The van der Waals surface area contributed by atoms with Crippen LogP contribution in [0, 0.1) is 0 Å². The molecule has 2 N–H and O–H groups in total. The van der Waals surface area contributed by atoms with Crippen molar-refractivity contribution in [2.24, 2.45) is 0 Å². The molecule has 1 saturated heterocycles. The summed E-state index contributed by atoms with van der Waals surface area (Å²) in [5.41, 5.74) is -7.39. The molecule has 2 aromatic heterocycles. The number of carbonyl (C=O) groups excluding carboxylic acids is 2. The molecule has 0 radical (unpaired) electrons. The molecular weight excluding hydrogens is 636 g/mol. The first-order chi connectivity index (χ1) is 21.4. The average Bonchev–Trinajstić information content (AvgIpc) is 3.19. The summed E-state index contributed by atoms with van der Waals surface area (Å²) in [6.07, 6.45) is -9.23. The number of aliphatic hydroxyl groups is 1. The van der Waals surface area contributed by atoms with Gasteiger partial charge in [-0.3, -0.25) is 14.7 Å². The summed E-state index contributed by atoms with van der Waals surface area (Å²) in [6, 6.07) is 6.65. The number of alkyl halides is 8. The third-order valence-electron chi connectivity index (χ3n) is 7.23. The smallest absolute Gasteiger partial charge is 0.430 e. The molecule has 248 valence electrons. The maximum atomic E-state index is 13.4. The maximum absolute atomic E-state index is 13.4. The van der Waals surface area contributed by atoms with Crippen LogP contribution < -0.4 is 14.8 Å². The maximum Gasteiger partial charge on any atom is 0.430 e. The van der Waals surface area contributed by atoms with Gasteiger partial charge in [0.1, 0.15) is 17.0 Å². The first-order valence-corrected chi connectivity index (χ1v) is 13.6. The van der Waals surface area contributed by atoms with Crippen molar-refractivity contribution < 1.29 is 59.3 Å². The van der Waals surface area contributed by atoms with Crippen LogP contribution in [0.15, 0.2) is 54.9 Å². The highest BCUT2D eigenvalue weighted by atomic mass is 19.4. The van der Waals surface area contributed by atoms with Gasteiger partial charge in [0.25, 0.3) is 11.5 Å². The molecule has 46 heavy (non-hydrogen) atoms. The fourth-order valence-electron chi connectivity index (χ4n) is 4.76. The Labute approximate surface area is 256 Å². The zero-order valence-electron chi connectivity index (χ0n) is 24.0. The third-order valence-corrected chi connectivity index (χ3v) is 7.23. The van der Waals surface area contributed by atoms with Crippen LogP contribution in [0.2, 0.25) is 0 Å². The van der Waals surface area contributed by atoms with Crippen molar-refractivity contribution in [1.82, 2.24) is 20.2 Å². The Balaban J connectivity index is 1.45. The Bertz CT molecular complexity index is 1550. The molecule has 3 heterocycles. The normalized spacial score (nSPS) is 17.4. The number of aryl methyl sites for hydroxylation is 1. The largest absolute Gasteiger partial charge is 0.455 e. The fourth-order valence-corrected chi connectivity index (χ4v) is 4.76. The van der Waals surface area contributed by atoms with Crippen LogP contribution in [0.3, 0.4) is 0 Å². The molecule has 3 amide bonds. The highest BCUT2D eigenvalue weighted by molar-refractivity contribution is 6.07. The van der Waals surface area contributed by atoms with Gasteiger partial charge in [-0.15, -0.1) is 0 Å². The number of aromatic nitrogens is 2. The van der Waals surface area contributed by atoms with Crippen molar-refractivity contribution in [3.05, 3.63) is 77.2 Å². The molecule has 0 spiro atoms. The summed E-state index contributed by atoms with van der Waals surface area (Å²) < 4.78 is 115. The van der Waals surface area contributed by atoms with E-state index in [4.69, 9.17) is 4.74 Å². The van der Waals surface area contributed by atoms with Gasteiger partial charge in [-0.25, -0.2) is 9.78 Å². The number of rotatable bonds is 11. The lowest BCUT2D eigenvalue weighted by Crippen LogP contribution is -2.53. The molecule has 9 nitrogen and oxygen atoms in total. The van der Waals surface area contributed by atoms with Crippen molar-refractivity contribution in [3.8, 4) is 17.4 Å². The van der Waals surface area contributed by atoms with Gasteiger partial charge in [0.2, 0.25) is 5.88 Å². The van der Waals surface area contributed by atoms with Gasteiger partial charge in [0.15, 0.2) is 0 Å². The molecule has 0 aliphatic carbocycles. The lowest BCUT2D eigenvalue weighted by molar-refractivity contribution is -0.376. The molecule has 0 saturated carbocycles. The number of urea groups is 1. The van der Waals surface area contributed by atoms with E-state index in [1.807, 2.05) is 0 Å². The van der Waals surface area contributed by atoms with Gasteiger partial charge in [0.05, 0.1) is 6.20 Å². The van der Waals surface area contributed by atoms with Crippen LogP contribution in [0.4, 0.5) is 39.9 Å². The molecule has 1 aliphatic heterocycles. The second-order valence-electron chi connectivity index (χ2n) is 10.4. The molecule has 1 aromatic carbocycles. The summed E-state index contributed by atoms with van der Waals surface area (Å²) in [5.74, 6) is -0.960. The van der Waals surface area contributed by atoms with E-state index in [0.717, 1.165) is 23.2 Å². The predicted octanol–water partition coefficient (Wildman–Crippen LogP) is 6.14. The lowest BCUT2D eigenvalue weighted by atomic mass is 9.90. The number of imide groups is 1. The number of hydrogen-bond donors (Lipinski definition) is 2. The number of amides is 3. The quantitative estimate of drug-likeness (QED) is 0.187. The van der Waals surface area contributed by atoms with E-state index in [0.29, 0.717) is 24.2 Å². The monoisotopic (exact) mass is 662 g/mol. The van der Waals surface area contributed by atoms with E-state index >= 15 is 0 Å². The van der Waals surface area contributed by atoms with Crippen molar-refractivity contribution >= 4 is 11.9 Å². The molecule has 1 fully saturated rings. The van der Waals surface area contributed by atoms with Gasteiger partial charge >= 0.3 is 25.0 Å². The fraction of sp³-hybridized carbons (Fsp3) is 0.379. The van der Waals surface area contributed by atoms with Crippen molar-refractivity contribution in [2.45, 2.75) is 63.2 Å². The molecule has 1 unspecified atom stereocenters. The summed E-state index contributed by atoms with van der Waals surface area (Å²) in [4.78, 5) is 34.6. The van der Waals surface area contributed by atoms with E-state index in [2.05, 4.69) is 20.0 Å². The standard InChI is InChI=1S/C29H26F8N4O5/c1-3-4-16-13-17(27(44,28(32,33)34)29(35,36)37)5-9-21(16)45-20-8-7-19(38-15-20)11-12-41-23(42)26(2,40-25(41)43)18-6-10-22(39-14-18)46-24(30)31/h5-10,13-15,24,44H,3-4,11-12H2,1-2H3,(H,40,43). The summed E-state index contributed by atoms with van der Waals surface area (Å²) in [6.45, 7) is -0.114. The minimum atomic E-state index is -6.04. The predicted molar refractivity (Wildman–Crippen MR) is 143 cm³/mol. The van der Waals surface area contributed by atoms with Gasteiger partial charge in [-0.1, -0.05) is 19.4 Å². The number of carbonyl (C=O) groups is 2. The zero-order chi connectivity index (χ0) is 34.1. The van der Waals surface area contributed by atoms with Crippen LogP contribution >= 0.6 is 0 Å². The zero-order valence-corrected chi connectivity index (χ0v) is 24.0. The first-order valence-electron chi connectivity index (χ1n) is 13.6. The molecular formula is C29H26F8N4O5. The highest BCUT2D eigenvalue weighted by Gasteiger charge is 2.71. The minimum absolute atomic E-state index is 0.0102. The second-order valence-corrected chi connectivity index (χ2v) is 10.4. The topological polar surface area (TPSA) is 114 Å². The van der Waals surface area contributed by atoms with Crippen molar-refractivity contribution in [3.63, 3.8) is 0 Å². The number of pyridine rings is 2. The molecule has 3 aromatic rings. The number of nitrogens with zero attached hydrogens (tertiary/aromatic N) is 3. The van der Waals surface area contributed by atoms with Gasteiger partial charge < -0.3 is 19.9 Å². The SMILES string of the molecule is CCCc1cc(C(O)(C(F)(F)F)C(F)(F)F)ccc1Oc1ccc(CCN2C(=O)NC(C)(c3ccc(OC(F)F)nc3)C2=O)nc1. The number of halogens is 8. The number of benzene rings is 1. The Hall–Kier alpha value is -4.54. The molecule has 0 bridgehead atoms. The molecule has 1 aliphatic rings. The van der Waals surface area contributed by atoms with E-state index in [1.54, 1.807) is 6.92 Å². The number of hydrogen-bond acceptors (Lipinski definition) is 7. The molecule has 4 rings (SSSR count). The van der Waals surface area contributed by atoms with Gasteiger partial charge in [-0.05, 0) is 49.2 Å². The van der Waals surface area contributed by atoms with E-state index in [9.17, 15) is 49.8 Å². The minimum Gasteiger partial charge on any atom is -0.455 e. The van der Waals surface area contributed by atoms with Crippen LogP contribution in [0.25, 0.3) is 0 Å². The van der Waals surface area contributed by atoms with Crippen LogP contribution in [-0.4, -0.2) is 57.4 Å². The second kappa shape index (κ2) is 12.7. The van der Waals surface area contributed by atoms with Crippen molar-refractivity contribution in [1.29, 1.82) is 0 Å². The Kier molecular flexibility index (Phi) is 9.47. The van der Waals surface area contributed by atoms with Gasteiger partial charge in [0, 0.05) is 42.0 Å². The Morgan fingerprint density at radius 3 is 2.20 bits per heavy atom. The highest BCUT2D eigenvalue weighted by Crippen LogP contribution is 2.50. The first kappa shape index (κ1) is 34.3. The Morgan fingerprint density at radius 1 is 0.957 bits per heavy atom. The van der Waals surface area contributed by atoms with E-state index in [1.165, 1.54) is 31.3 Å². The molecule has 17 heteroatoms. The number of ether oxygens (including phenoxy) is 2. The summed E-state index contributed by atoms with van der Waals surface area (Å²) in [7, 11) is 0. The lowest BCUT2D eigenvalue weighted by Gasteiger charge is -2.33. The third kappa shape index (κ3) is 6.68. The van der Waals surface area contributed by atoms with Crippen molar-refractivity contribution in [2.75, 3.05) is 6.54 Å². The number of nitrogens with one attached hydrogen (secondary N) is 1. The van der Waals surface area contributed by atoms with Crippen LogP contribution in [-0.2, 0) is 28.8 Å². The van der Waals surface area contributed by atoms with Crippen LogP contribution in [0.1, 0.15) is 42.7 Å². The Morgan fingerprint density at radius 2 is 1.65 bits per heavy atom. The summed E-state index contributed by atoms with van der Waals surface area (Å²) >= 11 is 0. The molecule has 1 atom stereocenters. The van der Waals surface area contributed by atoms with Gasteiger partial charge in [-0.2, -0.15) is 35.1 Å².